The molecule has 3 aromatic carbocycles. The summed E-state index contributed by atoms with van der Waals surface area (Å²) in [4.78, 5) is 11.0. The molecule has 2 nitrogen and oxygen atoms in total. The minimum atomic E-state index is 1.05. The average Bonchev–Trinajstić information content (AvgIpc) is 3.28. The zero-order valence-electron chi connectivity index (χ0n) is 18.0. The minimum absolute atomic E-state index is 1.05. The molecular formula is C30H20N2S. The summed E-state index contributed by atoms with van der Waals surface area (Å²) in [5, 5.41) is 3.83. The van der Waals surface area contributed by atoms with E-state index < -0.39 is 0 Å². The maximum atomic E-state index is 4.91. The van der Waals surface area contributed by atoms with Gasteiger partial charge in [0.05, 0.1) is 21.0 Å². The summed E-state index contributed by atoms with van der Waals surface area (Å²) in [5.41, 5.74) is 8.62. The van der Waals surface area contributed by atoms with Crippen LogP contribution in [-0.2, 0) is 12.8 Å². The SMILES string of the molecule is c1ccc(-c2cc(-c3nccc4c5c(sc34)-c3ncccc3CC5)cc3ccccc23)cc1. The molecular weight excluding hydrogens is 420 g/mol. The van der Waals surface area contributed by atoms with Crippen LogP contribution < -0.4 is 0 Å². The molecule has 0 unspecified atom stereocenters. The van der Waals surface area contributed by atoms with Crippen LogP contribution in [0.2, 0.25) is 0 Å². The molecule has 3 aromatic heterocycles. The molecule has 0 saturated heterocycles. The zero-order valence-corrected chi connectivity index (χ0v) is 18.8. The second kappa shape index (κ2) is 7.36. The van der Waals surface area contributed by atoms with Crippen LogP contribution in [0.25, 0.3) is 53.8 Å². The molecule has 0 aliphatic heterocycles. The first kappa shape index (κ1) is 18.7. The lowest BCUT2D eigenvalue weighted by atomic mass is 9.92. The zero-order chi connectivity index (χ0) is 21.8. The third-order valence-corrected chi connectivity index (χ3v) is 7.94. The first-order valence-corrected chi connectivity index (χ1v) is 12.1. The number of pyridine rings is 2. The quantitative estimate of drug-likeness (QED) is 0.273. The highest BCUT2D eigenvalue weighted by atomic mass is 32.1. The molecule has 3 heterocycles. The van der Waals surface area contributed by atoms with Gasteiger partial charge in [0.1, 0.15) is 0 Å². The van der Waals surface area contributed by atoms with Crippen LogP contribution in [0.4, 0.5) is 0 Å². The van der Waals surface area contributed by atoms with Crippen molar-refractivity contribution in [2.24, 2.45) is 0 Å². The molecule has 3 heteroatoms. The Balaban J connectivity index is 1.50. The first-order chi connectivity index (χ1) is 16.4. The highest BCUT2D eigenvalue weighted by Crippen LogP contribution is 2.46. The van der Waals surface area contributed by atoms with Gasteiger partial charge in [0.25, 0.3) is 0 Å². The van der Waals surface area contributed by atoms with Gasteiger partial charge in [0.2, 0.25) is 0 Å². The average molecular weight is 441 g/mol. The Bertz CT molecular complexity index is 1660. The van der Waals surface area contributed by atoms with Crippen LogP contribution in [0.3, 0.4) is 0 Å². The third-order valence-electron chi connectivity index (χ3n) is 6.68. The molecule has 0 fully saturated rings. The van der Waals surface area contributed by atoms with E-state index in [0.717, 1.165) is 29.8 Å². The van der Waals surface area contributed by atoms with Crippen molar-refractivity contribution in [2.45, 2.75) is 12.8 Å². The van der Waals surface area contributed by atoms with Crippen molar-refractivity contribution in [2.75, 3.05) is 0 Å². The Labute approximate surface area is 196 Å². The Hall–Kier alpha value is -3.82. The van der Waals surface area contributed by atoms with Crippen LogP contribution in [0, 0.1) is 0 Å². The lowest BCUT2D eigenvalue weighted by molar-refractivity contribution is 0.943. The predicted octanol–water partition coefficient (Wildman–Crippen LogP) is 7.94. The van der Waals surface area contributed by atoms with Crippen LogP contribution in [-0.4, -0.2) is 9.97 Å². The van der Waals surface area contributed by atoms with Gasteiger partial charge >= 0.3 is 0 Å². The van der Waals surface area contributed by atoms with Crippen molar-refractivity contribution >= 4 is 32.2 Å². The third kappa shape index (κ3) is 2.93. The van der Waals surface area contributed by atoms with Gasteiger partial charge in [-0.3, -0.25) is 9.97 Å². The topological polar surface area (TPSA) is 25.8 Å². The lowest BCUT2D eigenvalue weighted by Crippen LogP contribution is -2.02. The molecule has 156 valence electrons. The van der Waals surface area contributed by atoms with Crippen LogP contribution >= 0.6 is 11.3 Å². The smallest absolute Gasteiger partial charge is 0.0880 e. The number of aromatic nitrogens is 2. The normalized spacial score (nSPS) is 12.6. The van der Waals surface area contributed by atoms with Crippen molar-refractivity contribution in [1.29, 1.82) is 0 Å². The maximum Gasteiger partial charge on any atom is 0.0880 e. The van der Waals surface area contributed by atoms with Gasteiger partial charge in [-0.25, -0.2) is 0 Å². The summed E-state index contributed by atoms with van der Waals surface area (Å²) in [6, 6.07) is 30.3. The molecule has 1 aliphatic rings. The van der Waals surface area contributed by atoms with E-state index >= 15 is 0 Å². The lowest BCUT2D eigenvalue weighted by Gasteiger charge is -2.14. The van der Waals surface area contributed by atoms with Crippen molar-refractivity contribution in [3.05, 3.63) is 108 Å². The molecule has 0 bridgehead atoms. The minimum Gasteiger partial charge on any atom is -0.255 e. The Morgan fingerprint density at radius 2 is 1.48 bits per heavy atom. The first-order valence-electron chi connectivity index (χ1n) is 11.3. The Kier molecular flexibility index (Phi) is 4.18. The van der Waals surface area contributed by atoms with Gasteiger partial charge < -0.3 is 0 Å². The summed E-state index contributed by atoms with van der Waals surface area (Å²) in [6.45, 7) is 0. The van der Waals surface area contributed by atoms with Gasteiger partial charge in [0.15, 0.2) is 0 Å². The number of fused-ring (bicyclic) bond motifs is 6. The molecule has 0 atom stereocenters. The monoisotopic (exact) mass is 440 g/mol. The van der Waals surface area contributed by atoms with E-state index in [9.17, 15) is 0 Å². The van der Waals surface area contributed by atoms with Gasteiger partial charge in [-0.15, -0.1) is 11.3 Å². The summed E-state index contributed by atoms with van der Waals surface area (Å²) >= 11 is 1.85. The number of aryl methyl sites for hydroxylation is 2. The maximum absolute atomic E-state index is 4.91. The predicted molar refractivity (Wildman–Crippen MR) is 139 cm³/mol. The Morgan fingerprint density at radius 1 is 0.636 bits per heavy atom. The van der Waals surface area contributed by atoms with E-state index in [2.05, 4.69) is 78.9 Å². The molecule has 0 amide bonds. The van der Waals surface area contributed by atoms with Crippen molar-refractivity contribution in [3.63, 3.8) is 0 Å². The molecule has 0 N–H and O–H groups in total. The van der Waals surface area contributed by atoms with E-state index in [1.54, 1.807) is 0 Å². The fourth-order valence-corrected chi connectivity index (χ4v) is 6.52. The number of hydrogen-bond donors (Lipinski definition) is 0. The van der Waals surface area contributed by atoms with E-state index in [0.29, 0.717) is 0 Å². The van der Waals surface area contributed by atoms with Gasteiger partial charge in [0, 0.05) is 23.3 Å². The van der Waals surface area contributed by atoms with E-state index in [-0.39, 0.29) is 0 Å². The number of thiophene rings is 1. The number of hydrogen-bond acceptors (Lipinski definition) is 3. The Morgan fingerprint density at radius 3 is 2.42 bits per heavy atom. The molecule has 6 aromatic rings. The fourth-order valence-electron chi connectivity index (χ4n) is 5.13. The molecule has 0 saturated carbocycles. The highest BCUT2D eigenvalue weighted by Gasteiger charge is 2.24. The highest BCUT2D eigenvalue weighted by molar-refractivity contribution is 7.23. The number of rotatable bonds is 2. The summed E-state index contributed by atoms with van der Waals surface area (Å²) in [5.74, 6) is 0. The van der Waals surface area contributed by atoms with Crippen molar-refractivity contribution in [1.82, 2.24) is 9.97 Å². The summed E-state index contributed by atoms with van der Waals surface area (Å²) in [6.07, 6.45) is 5.99. The summed E-state index contributed by atoms with van der Waals surface area (Å²) in [7, 11) is 0. The number of benzene rings is 3. The molecule has 1 aliphatic carbocycles. The fraction of sp³-hybridized carbons (Fsp3) is 0.0667. The van der Waals surface area contributed by atoms with E-state index in [1.807, 2.05) is 29.8 Å². The molecule has 0 spiro atoms. The van der Waals surface area contributed by atoms with Crippen molar-refractivity contribution < 1.29 is 0 Å². The van der Waals surface area contributed by atoms with Crippen molar-refractivity contribution in [3.8, 4) is 33.0 Å². The largest absolute Gasteiger partial charge is 0.255 e. The van der Waals surface area contributed by atoms with Gasteiger partial charge in [-0.05, 0) is 70.1 Å². The second-order valence-corrected chi connectivity index (χ2v) is 9.59. The van der Waals surface area contributed by atoms with Crippen LogP contribution in [0.5, 0.6) is 0 Å². The van der Waals surface area contributed by atoms with Crippen LogP contribution in [0.15, 0.2) is 97.3 Å². The van der Waals surface area contributed by atoms with Gasteiger partial charge in [-0.1, -0.05) is 60.7 Å². The van der Waals surface area contributed by atoms with E-state index in [4.69, 9.17) is 9.97 Å². The summed E-state index contributed by atoms with van der Waals surface area (Å²) < 4.78 is 1.26. The second-order valence-electron chi connectivity index (χ2n) is 8.57. The van der Waals surface area contributed by atoms with E-state index in [1.165, 1.54) is 48.0 Å². The van der Waals surface area contributed by atoms with Crippen LogP contribution in [0.1, 0.15) is 11.1 Å². The molecule has 7 rings (SSSR count). The standard InChI is InChI=1S/C30H20N2S/c1-2-7-19(8-3-1)26-18-22(17-21-9-4-5-11-23(21)26)28-30-25(14-16-32-28)24-13-12-20-10-6-15-31-27(20)29(24)33-30/h1-11,14-18H,12-13H2. The van der Waals surface area contributed by atoms with Gasteiger partial charge in [-0.2, -0.15) is 0 Å². The molecule has 0 radical (unpaired) electrons. The number of nitrogens with zero attached hydrogens (tertiary/aromatic N) is 2. The molecule has 33 heavy (non-hydrogen) atoms.